The van der Waals surface area contributed by atoms with Gasteiger partial charge < -0.3 is 14.9 Å². The Kier molecular flexibility index (Phi) is 7.34. The topological polar surface area (TPSA) is 66.8 Å². The maximum absolute atomic E-state index is 11.5. The van der Waals surface area contributed by atoms with Crippen LogP contribution in [0, 0.1) is 5.41 Å². The number of ether oxygens (including phenoxy) is 1. The molecule has 0 aromatic rings. The number of carbonyl (C=O) groups is 1. The summed E-state index contributed by atoms with van der Waals surface area (Å²) in [7, 11) is 0. The molecule has 4 nitrogen and oxygen atoms in total. The minimum Gasteiger partial charge on any atom is -0.465 e. The average molecular weight is 232 g/mol. The molecule has 0 aliphatic carbocycles. The summed E-state index contributed by atoms with van der Waals surface area (Å²) in [6.07, 6.45) is 2.13. The zero-order chi connectivity index (χ0) is 12.6. The fourth-order valence-corrected chi connectivity index (χ4v) is 1.08. The van der Waals surface area contributed by atoms with E-state index in [4.69, 9.17) is 14.9 Å². The maximum Gasteiger partial charge on any atom is 0.311 e. The molecule has 0 amide bonds. The molecule has 0 heterocycles. The third kappa shape index (κ3) is 6.08. The second-order valence-electron chi connectivity index (χ2n) is 4.71. The summed E-state index contributed by atoms with van der Waals surface area (Å²) < 4.78 is 5.13. The Morgan fingerprint density at radius 1 is 1.38 bits per heavy atom. The number of aliphatic hydroxyl groups excluding tert-OH is 2. The van der Waals surface area contributed by atoms with E-state index in [1.165, 1.54) is 0 Å². The summed E-state index contributed by atoms with van der Waals surface area (Å²) >= 11 is 0. The SMILES string of the molecule is CCC(C)(C)C(=O)OCCCCC(O)CO. The van der Waals surface area contributed by atoms with Gasteiger partial charge in [-0.1, -0.05) is 6.92 Å². The van der Waals surface area contributed by atoms with Gasteiger partial charge in [-0.25, -0.2) is 0 Å². The van der Waals surface area contributed by atoms with Crippen molar-refractivity contribution in [2.45, 2.75) is 52.6 Å². The van der Waals surface area contributed by atoms with Crippen molar-refractivity contribution in [1.82, 2.24) is 0 Å². The predicted octanol–water partition coefficient (Wildman–Crippen LogP) is 1.49. The van der Waals surface area contributed by atoms with Gasteiger partial charge in [0.1, 0.15) is 0 Å². The first kappa shape index (κ1) is 15.4. The van der Waals surface area contributed by atoms with Crippen LogP contribution in [0.1, 0.15) is 46.5 Å². The Morgan fingerprint density at radius 2 is 2.00 bits per heavy atom. The summed E-state index contributed by atoms with van der Waals surface area (Å²) in [6, 6.07) is 0. The monoisotopic (exact) mass is 232 g/mol. The van der Waals surface area contributed by atoms with E-state index in [-0.39, 0.29) is 12.6 Å². The molecule has 0 fully saturated rings. The van der Waals surface area contributed by atoms with Crippen LogP contribution in [0.4, 0.5) is 0 Å². The lowest BCUT2D eigenvalue weighted by molar-refractivity contribution is -0.154. The van der Waals surface area contributed by atoms with E-state index in [2.05, 4.69) is 0 Å². The lowest BCUT2D eigenvalue weighted by Crippen LogP contribution is -2.26. The Labute approximate surface area is 97.6 Å². The van der Waals surface area contributed by atoms with Gasteiger partial charge in [-0.3, -0.25) is 4.79 Å². The summed E-state index contributed by atoms with van der Waals surface area (Å²) in [4.78, 5) is 11.5. The standard InChI is InChI=1S/C12H24O4/c1-4-12(2,3)11(15)16-8-6-5-7-10(14)9-13/h10,13-14H,4-9H2,1-3H3. The number of hydrogen-bond acceptors (Lipinski definition) is 4. The van der Waals surface area contributed by atoms with E-state index in [9.17, 15) is 4.79 Å². The maximum atomic E-state index is 11.5. The molecule has 0 aliphatic heterocycles. The number of aliphatic hydroxyl groups is 2. The van der Waals surface area contributed by atoms with Gasteiger partial charge in [0, 0.05) is 0 Å². The second kappa shape index (κ2) is 7.63. The van der Waals surface area contributed by atoms with Crippen LogP contribution in [0.2, 0.25) is 0 Å². The van der Waals surface area contributed by atoms with E-state index in [0.717, 1.165) is 19.3 Å². The van der Waals surface area contributed by atoms with Crippen LogP contribution in [-0.2, 0) is 9.53 Å². The minimum atomic E-state index is -0.650. The van der Waals surface area contributed by atoms with Gasteiger partial charge in [0.25, 0.3) is 0 Å². The van der Waals surface area contributed by atoms with Crippen molar-refractivity contribution < 1.29 is 19.7 Å². The van der Waals surface area contributed by atoms with Crippen molar-refractivity contribution in [3.63, 3.8) is 0 Å². The number of unbranched alkanes of at least 4 members (excludes halogenated alkanes) is 1. The Hall–Kier alpha value is -0.610. The van der Waals surface area contributed by atoms with Gasteiger partial charge in [-0.05, 0) is 39.5 Å². The fourth-order valence-electron chi connectivity index (χ4n) is 1.08. The number of rotatable bonds is 8. The molecule has 2 N–H and O–H groups in total. The van der Waals surface area contributed by atoms with Crippen molar-refractivity contribution in [1.29, 1.82) is 0 Å². The molecule has 0 saturated carbocycles. The van der Waals surface area contributed by atoms with E-state index in [0.29, 0.717) is 13.0 Å². The van der Waals surface area contributed by atoms with E-state index in [1.54, 1.807) is 0 Å². The molecular weight excluding hydrogens is 208 g/mol. The molecule has 1 atom stereocenters. The normalized spacial score (nSPS) is 13.6. The zero-order valence-electron chi connectivity index (χ0n) is 10.5. The van der Waals surface area contributed by atoms with Crippen LogP contribution in [0.3, 0.4) is 0 Å². The van der Waals surface area contributed by atoms with Crippen LogP contribution in [0.5, 0.6) is 0 Å². The van der Waals surface area contributed by atoms with Gasteiger partial charge >= 0.3 is 5.97 Å². The third-order valence-corrected chi connectivity index (χ3v) is 2.81. The lowest BCUT2D eigenvalue weighted by atomic mass is 9.91. The van der Waals surface area contributed by atoms with Crippen LogP contribution in [-0.4, -0.2) is 35.5 Å². The highest BCUT2D eigenvalue weighted by Crippen LogP contribution is 2.21. The van der Waals surface area contributed by atoms with Gasteiger partial charge in [-0.2, -0.15) is 0 Å². The van der Waals surface area contributed by atoms with Gasteiger partial charge in [-0.15, -0.1) is 0 Å². The minimum absolute atomic E-state index is 0.169. The highest BCUT2D eigenvalue weighted by Gasteiger charge is 2.26. The van der Waals surface area contributed by atoms with Crippen molar-refractivity contribution in [3.05, 3.63) is 0 Å². The van der Waals surface area contributed by atoms with Crippen molar-refractivity contribution in [2.24, 2.45) is 5.41 Å². The predicted molar refractivity (Wildman–Crippen MR) is 62.0 cm³/mol. The van der Waals surface area contributed by atoms with Gasteiger partial charge in [0.05, 0.1) is 24.7 Å². The first-order valence-electron chi connectivity index (χ1n) is 5.90. The molecule has 0 bridgehead atoms. The molecule has 16 heavy (non-hydrogen) atoms. The Bertz CT molecular complexity index is 201. The third-order valence-electron chi connectivity index (χ3n) is 2.81. The number of hydrogen-bond donors (Lipinski definition) is 2. The van der Waals surface area contributed by atoms with Crippen molar-refractivity contribution in [3.8, 4) is 0 Å². The van der Waals surface area contributed by atoms with Crippen molar-refractivity contribution in [2.75, 3.05) is 13.2 Å². The fraction of sp³-hybridized carbons (Fsp3) is 0.917. The molecule has 1 unspecified atom stereocenters. The largest absolute Gasteiger partial charge is 0.465 e. The highest BCUT2D eigenvalue weighted by atomic mass is 16.5. The Balaban J connectivity index is 3.56. The smallest absolute Gasteiger partial charge is 0.311 e. The van der Waals surface area contributed by atoms with Gasteiger partial charge in [0.2, 0.25) is 0 Å². The molecule has 0 radical (unpaired) electrons. The number of esters is 1. The van der Waals surface area contributed by atoms with Crippen LogP contribution >= 0.6 is 0 Å². The molecule has 0 saturated heterocycles. The van der Waals surface area contributed by atoms with Crippen LogP contribution in [0.25, 0.3) is 0 Å². The van der Waals surface area contributed by atoms with Crippen molar-refractivity contribution >= 4 is 5.97 Å². The molecular formula is C12H24O4. The summed E-state index contributed by atoms with van der Waals surface area (Å²) in [5, 5.41) is 17.7. The molecule has 96 valence electrons. The van der Waals surface area contributed by atoms with Crippen LogP contribution in [0.15, 0.2) is 0 Å². The molecule has 0 spiro atoms. The van der Waals surface area contributed by atoms with Crippen LogP contribution < -0.4 is 0 Å². The van der Waals surface area contributed by atoms with Gasteiger partial charge in [0.15, 0.2) is 0 Å². The quantitative estimate of drug-likeness (QED) is 0.491. The Morgan fingerprint density at radius 3 is 2.50 bits per heavy atom. The van der Waals surface area contributed by atoms with E-state index in [1.807, 2.05) is 20.8 Å². The molecule has 0 rings (SSSR count). The summed E-state index contributed by atoms with van der Waals surface area (Å²) in [5.74, 6) is -0.169. The molecule has 0 aliphatic rings. The van der Waals surface area contributed by atoms with E-state index < -0.39 is 11.5 Å². The molecule has 4 heteroatoms. The molecule has 0 aromatic carbocycles. The lowest BCUT2D eigenvalue weighted by Gasteiger charge is -2.20. The number of carbonyl (C=O) groups excluding carboxylic acids is 1. The first-order chi connectivity index (χ1) is 7.44. The zero-order valence-corrected chi connectivity index (χ0v) is 10.5. The van der Waals surface area contributed by atoms with E-state index >= 15 is 0 Å². The second-order valence-corrected chi connectivity index (χ2v) is 4.71. The highest BCUT2D eigenvalue weighted by molar-refractivity contribution is 5.75. The molecule has 0 aromatic heterocycles. The summed E-state index contributed by atoms with van der Waals surface area (Å²) in [6.45, 7) is 5.87. The average Bonchev–Trinajstić information content (AvgIpc) is 2.27. The summed E-state index contributed by atoms with van der Waals surface area (Å²) in [5.41, 5.74) is -0.412. The first-order valence-corrected chi connectivity index (χ1v) is 5.90.